The Hall–Kier alpha value is -1.59. The lowest BCUT2D eigenvalue weighted by molar-refractivity contribution is 0.209. The number of allylic oxidation sites excluding steroid dienone is 1. The minimum Gasteiger partial charge on any atom is -0.384 e. The first-order valence-electron chi connectivity index (χ1n) is 6.68. The molecule has 1 aliphatic rings. The topological polar surface area (TPSA) is 44.0 Å². The highest BCUT2D eigenvalue weighted by atomic mass is 16.3. The molecule has 1 aromatic rings. The van der Waals surface area contributed by atoms with Crippen molar-refractivity contribution in [1.29, 1.82) is 5.26 Å². The zero-order chi connectivity index (χ0) is 12.8. The van der Waals surface area contributed by atoms with Crippen LogP contribution in [-0.4, -0.2) is 5.11 Å². The Kier molecular flexibility index (Phi) is 4.55. The summed E-state index contributed by atoms with van der Waals surface area (Å²) in [5, 5.41) is 19.3. The summed E-state index contributed by atoms with van der Waals surface area (Å²) in [5.74, 6) is 0. The van der Waals surface area contributed by atoms with Gasteiger partial charge in [0.05, 0.1) is 11.6 Å². The van der Waals surface area contributed by atoms with Gasteiger partial charge in [-0.1, -0.05) is 31.1 Å². The third kappa shape index (κ3) is 3.21. The maximum atomic E-state index is 10.4. The number of nitrogens with zero attached hydrogens (tertiary/aromatic N) is 1. The third-order valence-electron chi connectivity index (χ3n) is 3.51. The van der Waals surface area contributed by atoms with Crippen LogP contribution in [0.15, 0.2) is 35.9 Å². The summed E-state index contributed by atoms with van der Waals surface area (Å²) < 4.78 is 0. The first-order valence-corrected chi connectivity index (χ1v) is 6.68. The molecule has 1 N–H and O–H groups in total. The highest BCUT2D eigenvalue weighted by molar-refractivity contribution is 5.36. The van der Waals surface area contributed by atoms with Crippen molar-refractivity contribution in [2.45, 2.75) is 44.6 Å². The van der Waals surface area contributed by atoms with Crippen LogP contribution in [0.5, 0.6) is 0 Å². The van der Waals surface area contributed by atoms with Crippen molar-refractivity contribution in [2.75, 3.05) is 0 Å². The molecule has 1 aliphatic carbocycles. The van der Waals surface area contributed by atoms with E-state index in [0.717, 1.165) is 30.4 Å². The van der Waals surface area contributed by atoms with Crippen molar-refractivity contribution >= 4 is 0 Å². The van der Waals surface area contributed by atoms with Gasteiger partial charge in [-0.15, -0.1) is 0 Å². The summed E-state index contributed by atoms with van der Waals surface area (Å²) in [5.41, 5.74) is 2.56. The number of aliphatic hydroxyl groups is 1. The molecule has 1 atom stereocenters. The first-order chi connectivity index (χ1) is 8.81. The number of nitriles is 1. The van der Waals surface area contributed by atoms with Gasteiger partial charge < -0.3 is 5.11 Å². The lowest BCUT2D eigenvalue weighted by Gasteiger charge is -2.18. The second-order valence-electron chi connectivity index (χ2n) is 4.87. The molecule has 1 aromatic carbocycles. The molecule has 0 saturated carbocycles. The summed E-state index contributed by atoms with van der Waals surface area (Å²) in [6, 6.07) is 9.39. The average molecular weight is 241 g/mol. The molecule has 2 heteroatoms. The molecule has 0 fully saturated rings. The molecule has 0 heterocycles. The zero-order valence-corrected chi connectivity index (χ0v) is 10.6. The summed E-state index contributed by atoms with van der Waals surface area (Å²) in [6.45, 7) is 0. The number of hydrogen-bond acceptors (Lipinski definition) is 2. The van der Waals surface area contributed by atoms with Crippen LogP contribution in [0.1, 0.15) is 55.8 Å². The van der Waals surface area contributed by atoms with Crippen molar-refractivity contribution in [3.63, 3.8) is 0 Å². The normalized spacial score (nSPS) is 21.0. The minimum atomic E-state index is -0.545. The predicted molar refractivity (Wildman–Crippen MR) is 71.9 cm³/mol. The van der Waals surface area contributed by atoms with Crippen molar-refractivity contribution in [3.8, 4) is 6.07 Å². The zero-order valence-electron chi connectivity index (χ0n) is 10.6. The van der Waals surface area contributed by atoms with E-state index in [1.165, 1.54) is 19.3 Å². The quantitative estimate of drug-likeness (QED) is 0.799. The molecule has 0 aliphatic heterocycles. The Morgan fingerprint density at radius 2 is 2.00 bits per heavy atom. The van der Waals surface area contributed by atoms with E-state index in [2.05, 4.69) is 12.1 Å². The fourth-order valence-electron chi connectivity index (χ4n) is 2.46. The lowest BCUT2D eigenvalue weighted by Crippen LogP contribution is -2.04. The van der Waals surface area contributed by atoms with Gasteiger partial charge in [-0.05, 0) is 49.0 Å². The van der Waals surface area contributed by atoms with E-state index in [4.69, 9.17) is 5.26 Å². The van der Waals surface area contributed by atoms with Crippen molar-refractivity contribution in [2.24, 2.45) is 0 Å². The van der Waals surface area contributed by atoms with Crippen LogP contribution in [0.2, 0.25) is 0 Å². The van der Waals surface area contributed by atoms with Crippen LogP contribution in [-0.2, 0) is 0 Å². The fourth-order valence-corrected chi connectivity index (χ4v) is 2.46. The fraction of sp³-hybridized carbons (Fsp3) is 0.438. The summed E-state index contributed by atoms with van der Waals surface area (Å²) >= 11 is 0. The van der Waals surface area contributed by atoms with Crippen LogP contribution in [0.4, 0.5) is 0 Å². The monoisotopic (exact) mass is 241 g/mol. The summed E-state index contributed by atoms with van der Waals surface area (Å²) in [7, 11) is 0. The molecule has 0 aromatic heterocycles. The van der Waals surface area contributed by atoms with E-state index in [1.54, 1.807) is 12.1 Å². The van der Waals surface area contributed by atoms with Crippen LogP contribution < -0.4 is 0 Å². The van der Waals surface area contributed by atoms with Gasteiger partial charge in [-0.25, -0.2) is 0 Å². The molecular formula is C16H19NO. The van der Waals surface area contributed by atoms with Gasteiger partial charge in [0.1, 0.15) is 6.10 Å². The molecule has 0 amide bonds. The maximum Gasteiger partial charge on any atom is 0.100 e. The Balaban J connectivity index is 2.18. The van der Waals surface area contributed by atoms with Crippen molar-refractivity contribution in [3.05, 3.63) is 47.0 Å². The van der Waals surface area contributed by atoms with Crippen LogP contribution in [0.25, 0.3) is 0 Å². The van der Waals surface area contributed by atoms with Crippen LogP contribution in [0.3, 0.4) is 0 Å². The molecule has 18 heavy (non-hydrogen) atoms. The van der Waals surface area contributed by atoms with Gasteiger partial charge >= 0.3 is 0 Å². The second kappa shape index (κ2) is 6.37. The molecule has 2 rings (SSSR count). The molecule has 0 bridgehead atoms. The molecule has 0 saturated heterocycles. The van der Waals surface area contributed by atoms with E-state index in [-0.39, 0.29) is 0 Å². The Morgan fingerprint density at radius 3 is 2.83 bits per heavy atom. The highest BCUT2D eigenvalue weighted by Gasteiger charge is 2.14. The molecule has 0 spiro atoms. The van der Waals surface area contributed by atoms with E-state index in [0.29, 0.717) is 5.56 Å². The van der Waals surface area contributed by atoms with Gasteiger partial charge in [0, 0.05) is 0 Å². The number of hydrogen-bond donors (Lipinski definition) is 1. The summed E-state index contributed by atoms with van der Waals surface area (Å²) in [4.78, 5) is 0. The Bertz CT molecular complexity index is 470. The minimum absolute atomic E-state index is 0.545. The average Bonchev–Trinajstić information content (AvgIpc) is 2.38. The molecule has 1 unspecified atom stereocenters. The van der Waals surface area contributed by atoms with Crippen LogP contribution >= 0.6 is 0 Å². The van der Waals surface area contributed by atoms with Gasteiger partial charge in [-0.2, -0.15) is 5.26 Å². The third-order valence-corrected chi connectivity index (χ3v) is 3.51. The van der Waals surface area contributed by atoms with E-state index in [9.17, 15) is 5.11 Å². The van der Waals surface area contributed by atoms with E-state index >= 15 is 0 Å². The number of aliphatic hydroxyl groups excluding tert-OH is 1. The first kappa shape index (κ1) is 12.9. The Morgan fingerprint density at radius 1 is 1.17 bits per heavy atom. The van der Waals surface area contributed by atoms with Gasteiger partial charge in [0.15, 0.2) is 0 Å². The molecule has 94 valence electrons. The molecule has 0 radical (unpaired) electrons. The number of benzene rings is 1. The SMILES string of the molecule is N#Cc1cccc(C(O)/C2=C/CCCCCC2)c1. The maximum absolute atomic E-state index is 10.4. The standard InChI is InChI=1S/C16H19NO/c17-12-13-7-6-10-15(11-13)16(18)14-8-4-2-1-3-5-9-14/h6-8,10-11,16,18H,1-5,9H2/b14-8+. The van der Waals surface area contributed by atoms with Crippen molar-refractivity contribution in [1.82, 2.24) is 0 Å². The lowest BCUT2D eigenvalue weighted by atomic mass is 9.92. The van der Waals surface area contributed by atoms with Gasteiger partial charge in [0.2, 0.25) is 0 Å². The Labute approximate surface area is 109 Å². The number of rotatable bonds is 2. The summed E-state index contributed by atoms with van der Waals surface area (Å²) in [6.07, 6.45) is 8.59. The van der Waals surface area contributed by atoms with E-state index < -0.39 is 6.10 Å². The largest absolute Gasteiger partial charge is 0.384 e. The van der Waals surface area contributed by atoms with E-state index in [1.807, 2.05) is 12.1 Å². The molecule has 2 nitrogen and oxygen atoms in total. The van der Waals surface area contributed by atoms with Gasteiger partial charge in [-0.3, -0.25) is 0 Å². The van der Waals surface area contributed by atoms with Gasteiger partial charge in [0.25, 0.3) is 0 Å². The van der Waals surface area contributed by atoms with Crippen LogP contribution in [0, 0.1) is 11.3 Å². The predicted octanol–water partition coefficient (Wildman–Crippen LogP) is 3.87. The second-order valence-corrected chi connectivity index (χ2v) is 4.87. The highest BCUT2D eigenvalue weighted by Crippen LogP contribution is 2.28. The molecular weight excluding hydrogens is 222 g/mol. The van der Waals surface area contributed by atoms with Crippen molar-refractivity contribution < 1.29 is 5.11 Å². The smallest absolute Gasteiger partial charge is 0.100 e.